The third kappa shape index (κ3) is 2.18. The van der Waals surface area contributed by atoms with Gasteiger partial charge in [-0.05, 0) is 35.3 Å². The van der Waals surface area contributed by atoms with Gasteiger partial charge in [-0.1, -0.05) is 32.4 Å². The van der Waals surface area contributed by atoms with Crippen LogP contribution in [0.1, 0.15) is 26.3 Å². The predicted molar refractivity (Wildman–Crippen MR) is 64.4 cm³/mol. The van der Waals surface area contributed by atoms with E-state index in [-0.39, 0.29) is 5.41 Å². The van der Waals surface area contributed by atoms with Crippen molar-refractivity contribution in [2.75, 3.05) is 6.61 Å². The SMILES string of the molecule is CC(C)(C)C1=Cc2cc(Cl)ccc2OC1. The third-order valence-corrected chi connectivity index (χ3v) is 2.88. The van der Waals surface area contributed by atoms with Crippen LogP contribution in [-0.2, 0) is 0 Å². The van der Waals surface area contributed by atoms with Crippen LogP contribution in [0.15, 0.2) is 23.8 Å². The van der Waals surface area contributed by atoms with Gasteiger partial charge < -0.3 is 4.74 Å². The Hall–Kier alpha value is -0.950. The minimum atomic E-state index is 0.153. The Bertz CT molecular complexity index is 413. The smallest absolute Gasteiger partial charge is 0.127 e. The maximum Gasteiger partial charge on any atom is 0.127 e. The number of hydrogen-bond donors (Lipinski definition) is 0. The van der Waals surface area contributed by atoms with Gasteiger partial charge in [-0.15, -0.1) is 0 Å². The Morgan fingerprint density at radius 3 is 2.67 bits per heavy atom. The van der Waals surface area contributed by atoms with E-state index in [9.17, 15) is 0 Å². The lowest BCUT2D eigenvalue weighted by Crippen LogP contribution is -2.18. The number of ether oxygens (including phenoxy) is 1. The lowest BCUT2D eigenvalue weighted by molar-refractivity contribution is 0.310. The number of halogens is 1. The van der Waals surface area contributed by atoms with Gasteiger partial charge in [-0.3, -0.25) is 0 Å². The molecule has 0 saturated heterocycles. The van der Waals surface area contributed by atoms with Gasteiger partial charge in [0, 0.05) is 10.6 Å². The van der Waals surface area contributed by atoms with Crippen LogP contribution in [-0.4, -0.2) is 6.61 Å². The molecule has 1 nitrogen and oxygen atoms in total. The number of benzene rings is 1. The molecule has 1 aromatic rings. The first-order chi connectivity index (χ1) is 6.97. The van der Waals surface area contributed by atoms with Gasteiger partial charge in [0.05, 0.1) is 0 Å². The molecule has 0 fully saturated rings. The molecular weight excluding hydrogens is 208 g/mol. The topological polar surface area (TPSA) is 9.23 Å². The molecule has 1 aromatic carbocycles. The average molecular weight is 223 g/mol. The van der Waals surface area contributed by atoms with E-state index < -0.39 is 0 Å². The summed E-state index contributed by atoms with van der Waals surface area (Å²) in [6, 6.07) is 5.73. The minimum absolute atomic E-state index is 0.153. The standard InChI is InChI=1S/C13H15ClO/c1-13(2,3)10-6-9-7-11(14)4-5-12(9)15-8-10/h4-7H,8H2,1-3H3. The maximum absolute atomic E-state index is 5.95. The third-order valence-electron chi connectivity index (χ3n) is 2.65. The Morgan fingerprint density at radius 1 is 1.27 bits per heavy atom. The second kappa shape index (κ2) is 3.57. The van der Waals surface area contributed by atoms with E-state index in [0.29, 0.717) is 6.61 Å². The number of rotatable bonds is 0. The molecule has 0 bridgehead atoms. The van der Waals surface area contributed by atoms with Crippen LogP contribution in [0.5, 0.6) is 5.75 Å². The summed E-state index contributed by atoms with van der Waals surface area (Å²) in [6.45, 7) is 7.26. The van der Waals surface area contributed by atoms with Crippen LogP contribution in [0.2, 0.25) is 5.02 Å². The molecule has 0 amide bonds. The van der Waals surface area contributed by atoms with E-state index in [1.807, 2.05) is 18.2 Å². The largest absolute Gasteiger partial charge is 0.489 e. The first-order valence-corrected chi connectivity index (χ1v) is 5.48. The number of fused-ring (bicyclic) bond motifs is 1. The van der Waals surface area contributed by atoms with E-state index in [1.54, 1.807) is 0 Å². The molecule has 80 valence electrons. The first-order valence-electron chi connectivity index (χ1n) is 5.10. The molecule has 0 aromatic heterocycles. The van der Waals surface area contributed by atoms with Crippen molar-refractivity contribution in [3.63, 3.8) is 0 Å². The van der Waals surface area contributed by atoms with Gasteiger partial charge in [0.1, 0.15) is 12.4 Å². The van der Waals surface area contributed by atoms with Crippen LogP contribution in [0, 0.1) is 5.41 Å². The average Bonchev–Trinajstić information content (AvgIpc) is 2.15. The van der Waals surface area contributed by atoms with Crippen LogP contribution >= 0.6 is 11.6 Å². The van der Waals surface area contributed by atoms with Crippen molar-refractivity contribution in [1.82, 2.24) is 0 Å². The first kappa shape index (κ1) is 10.6. The predicted octanol–water partition coefficient (Wildman–Crippen LogP) is 4.16. The molecule has 0 saturated carbocycles. The molecule has 0 radical (unpaired) electrons. The molecule has 15 heavy (non-hydrogen) atoms. The van der Waals surface area contributed by atoms with E-state index >= 15 is 0 Å². The number of hydrogen-bond acceptors (Lipinski definition) is 1. The van der Waals surface area contributed by atoms with Crippen LogP contribution in [0.25, 0.3) is 6.08 Å². The van der Waals surface area contributed by atoms with E-state index in [0.717, 1.165) is 16.3 Å². The normalized spacial score (nSPS) is 15.3. The maximum atomic E-state index is 5.95. The van der Waals surface area contributed by atoms with Gasteiger partial charge in [0.15, 0.2) is 0 Å². The summed E-state index contributed by atoms with van der Waals surface area (Å²) in [5, 5.41) is 0.753. The van der Waals surface area contributed by atoms with Gasteiger partial charge in [0.2, 0.25) is 0 Å². The fourth-order valence-electron chi connectivity index (χ4n) is 1.58. The van der Waals surface area contributed by atoms with Crippen LogP contribution < -0.4 is 4.74 Å². The Labute approximate surface area is 95.7 Å². The zero-order valence-electron chi connectivity index (χ0n) is 9.30. The minimum Gasteiger partial charge on any atom is -0.489 e. The summed E-state index contributed by atoms with van der Waals surface area (Å²) in [6.07, 6.45) is 2.19. The van der Waals surface area contributed by atoms with Crippen molar-refractivity contribution in [3.8, 4) is 5.75 Å². The Kier molecular flexibility index (Phi) is 2.51. The summed E-state index contributed by atoms with van der Waals surface area (Å²) in [5.74, 6) is 0.924. The van der Waals surface area contributed by atoms with Crippen molar-refractivity contribution in [2.24, 2.45) is 5.41 Å². The molecule has 1 aliphatic rings. The van der Waals surface area contributed by atoms with Crippen molar-refractivity contribution in [2.45, 2.75) is 20.8 Å². The van der Waals surface area contributed by atoms with Crippen molar-refractivity contribution in [3.05, 3.63) is 34.4 Å². The van der Waals surface area contributed by atoms with Crippen molar-refractivity contribution in [1.29, 1.82) is 0 Å². The van der Waals surface area contributed by atoms with Gasteiger partial charge in [0.25, 0.3) is 0 Å². The monoisotopic (exact) mass is 222 g/mol. The zero-order valence-corrected chi connectivity index (χ0v) is 10.1. The summed E-state index contributed by atoms with van der Waals surface area (Å²) in [7, 11) is 0. The Morgan fingerprint density at radius 2 is 2.00 bits per heavy atom. The van der Waals surface area contributed by atoms with Crippen LogP contribution in [0.3, 0.4) is 0 Å². The molecule has 2 heteroatoms. The molecule has 1 aliphatic heterocycles. The second-order valence-electron chi connectivity index (χ2n) is 4.89. The fraction of sp³-hybridized carbons (Fsp3) is 0.385. The molecular formula is C13H15ClO. The lowest BCUT2D eigenvalue weighted by atomic mass is 9.85. The molecule has 0 atom stereocenters. The summed E-state index contributed by atoms with van der Waals surface area (Å²) < 4.78 is 5.69. The highest BCUT2D eigenvalue weighted by Crippen LogP contribution is 2.35. The van der Waals surface area contributed by atoms with E-state index in [4.69, 9.17) is 16.3 Å². The van der Waals surface area contributed by atoms with Gasteiger partial charge in [-0.25, -0.2) is 0 Å². The molecule has 0 aliphatic carbocycles. The molecule has 0 N–H and O–H groups in total. The summed E-state index contributed by atoms with van der Waals surface area (Å²) >= 11 is 5.95. The highest BCUT2D eigenvalue weighted by Gasteiger charge is 2.21. The molecule has 0 spiro atoms. The highest BCUT2D eigenvalue weighted by molar-refractivity contribution is 6.30. The van der Waals surface area contributed by atoms with Crippen molar-refractivity contribution < 1.29 is 4.74 Å². The fourth-order valence-corrected chi connectivity index (χ4v) is 1.76. The molecule has 2 rings (SSSR count). The Balaban J connectivity index is 2.44. The summed E-state index contributed by atoms with van der Waals surface area (Å²) in [4.78, 5) is 0. The highest BCUT2D eigenvalue weighted by atomic mass is 35.5. The molecule has 0 unspecified atom stereocenters. The van der Waals surface area contributed by atoms with E-state index in [2.05, 4.69) is 26.8 Å². The van der Waals surface area contributed by atoms with E-state index in [1.165, 1.54) is 5.57 Å². The van der Waals surface area contributed by atoms with Crippen LogP contribution in [0.4, 0.5) is 0 Å². The quantitative estimate of drug-likeness (QED) is 0.641. The summed E-state index contributed by atoms with van der Waals surface area (Å²) in [5.41, 5.74) is 2.54. The molecule has 1 heterocycles. The van der Waals surface area contributed by atoms with Gasteiger partial charge in [-0.2, -0.15) is 0 Å². The van der Waals surface area contributed by atoms with Crippen molar-refractivity contribution >= 4 is 17.7 Å². The lowest BCUT2D eigenvalue weighted by Gasteiger charge is -2.27. The zero-order chi connectivity index (χ0) is 11.1. The van der Waals surface area contributed by atoms with Gasteiger partial charge >= 0.3 is 0 Å². The second-order valence-corrected chi connectivity index (χ2v) is 5.33.